The molecule has 0 saturated carbocycles. The fourth-order valence-electron chi connectivity index (χ4n) is 1.05. The van der Waals surface area contributed by atoms with Gasteiger partial charge in [0, 0.05) is 18.8 Å². The molecule has 1 rings (SSSR count). The van der Waals surface area contributed by atoms with Gasteiger partial charge >= 0.3 is 0 Å². The number of nitrogens with zero attached hydrogens (tertiary/aromatic N) is 1. The Labute approximate surface area is 84.6 Å². The molecule has 0 spiro atoms. The van der Waals surface area contributed by atoms with Crippen molar-refractivity contribution >= 4 is 5.78 Å². The van der Waals surface area contributed by atoms with Crippen LogP contribution in [0.4, 0.5) is 0 Å². The number of rotatable bonds is 4. The lowest BCUT2D eigenvalue weighted by Gasteiger charge is -2.22. The third kappa shape index (κ3) is 2.64. The van der Waals surface area contributed by atoms with Crippen molar-refractivity contribution in [2.45, 2.75) is 25.8 Å². The minimum absolute atomic E-state index is 0.186. The summed E-state index contributed by atoms with van der Waals surface area (Å²) >= 11 is 0. The molecule has 0 amide bonds. The van der Waals surface area contributed by atoms with Crippen LogP contribution in [0.2, 0.25) is 0 Å². The van der Waals surface area contributed by atoms with Gasteiger partial charge in [-0.05, 0) is 38.6 Å². The molecule has 0 unspecified atom stereocenters. The average molecular weight is 192 g/mol. The summed E-state index contributed by atoms with van der Waals surface area (Å²) in [5, 5.41) is 3.00. The van der Waals surface area contributed by atoms with E-state index in [0.29, 0.717) is 6.42 Å². The van der Waals surface area contributed by atoms with Crippen LogP contribution in [0, 0.1) is 0 Å². The highest BCUT2D eigenvalue weighted by atomic mass is 16.1. The number of carbonyl (C=O) groups excluding carboxylic acids is 1. The van der Waals surface area contributed by atoms with Crippen LogP contribution in [-0.2, 0) is 11.2 Å². The van der Waals surface area contributed by atoms with Crippen LogP contribution in [0.15, 0.2) is 24.5 Å². The van der Waals surface area contributed by atoms with Crippen molar-refractivity contribution in [3.05, 3.63) is 30.1 Å². The van der Waals surface area contributed by atoms with Crippen LogP contribution in [0.5, 0.6) is 0 Å². The Kier molecular flexibility index (Phi) is 3.36. The molecule has 1 heterocycles. The van der Waals surface area contributed by atoms with Crippen LogP contribution in [0.3, 0.4) is 0 Å². The normalized spacial score (nSPS) is 11.4. The minimum Gasteiger partial charge on any atom is -0.308 e. The average Bonchev–Trinajstić information content (AvgIpc) is 2.19. The zero-order chi connectivity index (χ0) is 10.6. The van der Waals surface area contributed by atoms with E-state index >= 15 is 0 Å². The lowest BCUT2D eigenvalue weighted by atomic mass is 9.94. The van der Waals surface area contributed by atoms with Crippen molar-refractivity contribution in [1.82, 2.24) is 10.3 Å². The van der Waals surface area contributed by atoms with Crippen LogP contribution >= 0.6 is 0 Å². The molecule has 1 aromatic rings. The quantitative estimate of drug-likeness (QED) is 0.779. The van der Waals surface area contributed by atoms with Gasteiger partial charge in [0.2, 0.25) is 0 Å². The molecule has 0 aliphatic heterocycles. The lowest BCUT2D eigenvalue weighted by molar-refractivity contribution is -0.123. The Balaban J connectivity index is 2.67. The van der Waals surface area contributed by atoms with Gasteiger partial charge in [0.1, 0.15) is 0 Å². The number of hydrogen-bond acceptors (Lipinski definition) is 3. The van der Waals surface area contributed by atoms with Gasteiger partial charge in [-0.15, -0.1) is 0 Å². The van der Waals surface area contributed by atoms with Gasteiger partial charge in [-0.25, -0.2) is 0 Å². The Bertz CT molecular complexity index is 306. The first-order valence-electron chi connectivity index (χ1n) is 4.67. The van der Waals surface area contributed by atoms with E-state index in [1.165, 1.54) is 0 Å². The topological polar surface area (TPSA) is 42.0 Å². The van der Waals surface area contributed by atoms with Gasteiger partial charge in [-0.1, -0.05) is 0 Å². The maximum Gasteiger partial charge on any atom is 0.156 e. The smallest absolute Gasteiger partial charge is 0.156 e. The molecule has 0 atom stereocenters. The van der Waals surface area contributed by atoms with Crippen LogP contribution in [0.25, 0.3) is 0 Å². The molecule has 0 aromatic carbocycles. The molecule has 14 heavy (non-hydrogen) atoms. The van der Waals surface area contributed by atoms with E-state index in [1.807, 2.05) is 26.0 Å². The molecule has 0 bridgehead atoms. The van der Waals surface area contributed by atoms with E-state index in [-0.39, 0.29) is 5.78 Å². The fraction of sp³-hybridized carbons (Fsp3) is 0.455. The van der Waals surface area contributed by atoms with Gasteiger partial charge in [0.05, 0.1) is 5.54 Å². The minimum atomic E-state index is -0.455. The Morgan fingerprint density at radius 2 is 2.00 bits per heavy atom. The van der Waals surface area contributed by atoms with Crippen molar-refractivity contribution < 1.29 is 4.79 Å². The Morgan fingerprint density at radius 1 is 1.43 bits per heavy atom. The summed E-state index contributed by atoms with van der Waals surface area (Å²) in [7, 11) is 1.80. The number of Topliss-reactive ketones (excluding diaryl/α,β-unsaturated/α-hetero) is 1. The number of hydrogen-bond donors (Lipinski definition) is 1. The van der Waals surface area contributed by atoms with E-state index in [0.717, 1.165) is 5.56 Å². The predicted octanol–water partition coefficient (Wildman–Crippen LogP) is 1.19. The van der Waals surface area contributed by atoms with Gasteiger partial charge in [-0.3, -0.25) is 9.78 Å². The molecule has 3 nitrogen and oxygen atoms in total. The molecule has 1 N–H and O–H groups in total. The third-order valence-electron chi connectivity index (χ3n) is 2.44. The van der Waals surface area contributed by atoms with E-state index in [4.69, 9.17) is 0 Å². The monoisotopic (exact) mass is 192 g/mol. The van der Waals surface area contributed by atoms with Crippen molar-refractivity contribution in [1.29, 1.82) is 0 Å². The number of nitrogens with one attached hydrogen (secondary N) is 1. The van der Waals surface area contributed by atoms with Crippen LogP contribution < -0.4 is 5.32 Å². The number of ketones is 1. The second-order valence-electron chi connectivity index (χ2n) is 3.83. The predicted molar refractivity (Wildman–Crippen MR) is 56.1 cm³/mol. The maximum atomic E-state index is 11.8. The Hall–Kier alpha value is -1.22. The molecule has 0 radical (unpaired) electrons. The molecule has 0 fully saturated rings. The van der Waals surface area contributed by atoms with E-state index in [2.05, 4.69) is 10.3 Å². The second kappa shape index (κ2) is 4.33. The van der Waals surface area contributed by atoms with Crippen molar-refractivity contribution in [2.24, 2.45) is 0 Å². The zero-order valence-corrected chi connectivity index (χ0v) is 8.87. The first-order chi connectivity index (χ1) is 6.56. The largest absolute Gasteiger partial charge is 0.308 e. The summed E-state index contributed by atoms with van der Waals surface area (Å²) in [6.07, 6.45) is 3.86. The molecule has 76 valence electrons. The van der Waals surface area contributed by atoms with Gasteiger partial charge in [-0.2, -0.15) is 0 Å². The summed E-state index contributed by atoms with van der Waals surface area (Å²) < 4.78 is 0. The zero-order valence-electron chi connectivity index (χ0n) is 8.87. The Morgan fingerprint density at radius 3 is 2.50 bits per heavy atom. The molecule has 0 aliphatic rings. The molecular weight excluding hydrogens is 176 g/mol. The lowest BCUT2D eigenvalue weighted by Crippen LogP contribution is -2.45. The standard InChI is InChI=1S/C11H16N2O/c1-11(2,12-3)10(14)8-9-4-6-13-7-5-9/h4-7,12H,8H2,1-3H3. The van der Waals surface area contributed by atoms with Crippen molar-refractivity contribution in [3.63, 3.8) is 0 Å². The van der Waals surface area contributed by atoms with E-state index in [1.54, 1.807) is 19.4 Å². The maximum absolute atomic E-state index is 11.8. The molecule has 0 saturated heterocycles. The van der Waals surface area contributed by atoms with Gasteiger partial charge in [0.25, 0.3) is 0 Å². The summed E-state index contributed by atoms with van der Waals surface area (Å²) in [6, 6.07) is 3.73. The van der Waals surface area contributed by atoms with Crippen molar-refractivity contribution in [2.75, 3.05) is 7.05 Å². The molecule has 0 aliphatic carbocycles. The summed E-state index contributed by atoms with van der Waals surface area (Å²) in [4.78, 5) is 15.7. The first kappa shape index (κ1) is 10.9. The fourth-order valence-corrected chi connectivity index (χ4v) is 1.05. The SMILES string of the molecule is CNC(C)(C)C(=O)Cc1ccncc1. The van der Waals surface area contributed by atoms with Gasteiger partial charge in [0.15, 0.2) is 5.78 Å². The summed E-state index contributed by atoms with van der Waals surface area (Å²) in [5.74, 6) is 0.186. The molecule has 3 heteroatoms. The highest BCUT2D eigenvalue weighted by Gasteiger charge is 2.24. The highest BCUT2D eigenvalue weighted by molar-refractivity contribution is 5.89. The number of likely N-dealkylation sites (N-methyl/N-ethyl adjacent to an activating group) is 1. The second-order valence-corrected chi connectivity index (χ2v) is 3.83. The van der Waals surface area contributed by atoms with Crippen LogP contribution in [0.1, 0.15) is 19.4 Å². The molecule has 1 aromatic heterocycles. The highest BCUT2D eigenvalue weighted by Crippen LogP contribution is 2.08. The first-order valence-corrected chi connectivity index (χ1v) is 4.67. The van der Waals surface area contributed by atoms with Crippen LogP contribution in [-0.4, -0.2) is 23.4 Å². The van der Waals surface area contributed by atoms with E-state index < -0.39 is 5.54 Å². The third-order valence-corrected chi connectivity index (χ3v) is 2.44. The number of carbonyl (C=O) groups is 1. The summed E-state index contributed by atoms with van der Waals surface area (Å²) in [6.45, 7) is 3.77. The molecular formula is C11H16N2O. The summed E-state index contributed by atoms with van der Waals surface area (Å²) in [5.41, 5.74) is 0.553. The number of aromatic nitrogens is 1. The van der Waals surface area contributed by atoms with E-state index in [9.17, 15) is 4.79 Å². The van der Waals surface area contributed by atoms with Crippen molar-refractivity contribution in [3.8, 4) is 0 Å². The van der Waals surface area contributed by atoms with Gasteiger partial charge < -0.3 is 5.32 Å². The number of pyridine rings is 1.